The molecule has 136 valence electrons. The van der Waals surface area contributed by atoms with Crippen molar-refractivity contribution >= 4 is 11.7 Å². The van der Waals surface area contributed by atoms with Gasteiger partial charge < -0.3 is 4.90 Å². The molecule has 0 unspecified atom stereocenters. The summed E-state index contributed by atoms with van der Waals surface area (Å²) in [5.74, 6) is 0.871. The van der Waals surface area contributed by atoms with Gasteiger partial charge in [0.1, 0.15) is 0 Å². The Morgan fingerprint density at radius 1 is 1.27 bits per heavy atom. The van der Waals surface area contributed by atoms with Crippen LogP contribution in [0, 0.1) is 13.8 Å². The van der Waals surface area contributed by atoms with Crippen molar-refractivity contribution in [1.82, 2.24) is 29.0 Å². The number of carbonyl (C=O) groups is 1. The van der Waals surface area contributed by atoms with Gasteiger partial charge in [0.25, 0.3) is 0 Å². The third kappa shape index (κ3) is 3.21. The molecular weight excluding hydrogens is 328 g/mol. The highest BCUT2D eigenvalue weighted by molar-refractivity contribution is 5.76. The maximum absolute atomic E-state index is 12.9. The van der Waals surface area contributed by atoms with Crippen molar-refractivity contribution in [3.63, 3.8) is 0 Å². The van der Waals surface area contributed by atoms with E-state index in [0.717, 1.165) is 42.9 Å². The van der Waals surface area contributed by atoms with Crippen LogP contribution in [0.1, 0.15) is 48.8 Å². The van der Waals surface area contributed by atoms with Crippen molar-refractivity contribution in [1.29, 1.82) is 0 Å². The number of rotatable bonds is 4. The van der Waals surface area contributed by atoms with Gasteiger partial charge in [-0.1, -0.05) is 0 Å². The van der Waals surface area contributed by atoms with Crippen LogP contribution in [0.15, 0.2) is 30.7 Å². The number of carbonyl (C=O) groups excluding carboxylic acids is 1. The normalized spacial score (nSPS) is 17.8. The third-order valence-corrected chi connectivity index (χ3v) is 5.08. The minimum absolute atomic E-state index is 0.0380. The van der Waals surface area contributed by atoms with Crippen molar-refractivity contribution in [2.45, 2.75) is 52.1 Å². The molecule has 3 aromatic rings. The monoisotopic (exact) mass is 352 g/mol. The lowest BCUT2D eigenvalue weighted by molar-refractivity contribution is -0.135. The molecule has 0 aliphatic carbocycles. The summed E-state index contributed by atoms with van der Waals surface area (Å²) >= 11 is 0. The Hall–Kier alpha value is -2.70. The summed E-state index contributed by atoms with van der Waals surface area (Å²) in [5, 5.41) is 4.37. The summed E-state index contributed by atoms with van der Waals surface area (Å²) in [6.45, 7) is 5.41. The van der Waals surface area contributed by atoms with Crippen LogP contribution in [0.4, 0.5) is 0 Å². The van der Waals surface area contributed by atoms with Crippen LogP contribution in [0.25, 0.3) is 5.78 Å². The molecule has 7 nitrogen and oxygen atoms in total. The SMILES string of the molecule is Cc1ccn(CCC(=O)N2CCCC[C@@H]2c2cc(C)n3ccnc3n2)n1. The number of amides is 1. The van der Waals surface area contributed by atoms with Crippen LogP contribution in [-0.4, -0.2) is 41.5 Å². The standard InChI is InChI=1S/C19H24N6O/c1-14-6-10-23(22-14)11-7-18(26)25-9-4-3-5-17(25)16-13-15(2)24-12-8-20-19(24)21-16/h6,8,10,12-13,17H,3-5,7,9,11H2,1-2H3/t17-/m1/s1. The highest BCUT2D eigenvalue weighted by atomic mass is 16.2. The topological polar surface area (TPSA) is 68.3 Å². The molecule has 0 N–H and O–H groups in total. The maximum atomic E-state index is 12.9. The first-order valence-corrected chi connectivity index (χ1v) is 9.22. The zero-order valence-corrected chi connectivity index (χ0v) is 15.3. The van der Waals surface area contributed by atoms with Gasteiger partial charge in [0.15, 0.2) is 0 Å². The molecule has 7 heteroatoms. The number of aromatic nitrogens is 5. The van der Waals surface area contributed by atoms with Gasteiger partial charge in [-0.25, -0.2) is 9.97 Å². The molecule has 0 radical (unpaired) electrons. The third-order valence-electron chi connectivity index (χ3n) is 5.08. The predicted molar refractivity (Wildman–Crippen MR) is 97.6 cm³/mol. The van der Waals surface area contributed by atoms with E-state index in [1.807, 2.05) is 39.4 Å². The molecule has 1 atom stereocenters. The summed E-state index contributed by atoms with van der Waals surface area (Å²) in [5.41, 5.74) is 3.01. The quantitative estimate of drug-likeness (QED) is 0.724. The first-order chi connectivity index (χ1) is 12.6. The van der Waals surface area contributed by atoms with Crippen LogP contribution in [0.2, 0.25) is 0 Å². The zero-order valence-electron chi connectivity index (χ0n) is 15.3. The molecule has 1 amide bonds. The van der Waals surface area contributed by atoms with Crippen LogP contribution < -0.4 is 0 Å². The molecular formula is C19H24N6O. The van der Waals surface area contributed by atoms with Gasteiger partial charge in [0.2, 0.25) is 11.7 Å². The summed E-state index contributed by atoms with van der Waals surface area (Å²) in [4.78, 5) is 23.9. The first-order valence-electron chi connectivity index (χ1n) is 9.22. The smallest absolute Gasteiger partial charge is 0.234 e. The second kappa shape index (κ2) is 6.90. The van der Waals surface area contributed by atoms with E-state index in [9.17, 15) is 4.79 Å². The fourth-order valence-corrected chi connectivity index (χ4v) is 3.73. The van der Waals surface area contributed by atoms with Gasteiger partial charge in [-0.15, -0.1) is 0 Å². The molecule has 0 bridgehead atoms. The van der Waals surface area contributed by atoms with Gasteiger partial charge in [0.05, 0.1) is 17.4 Å². The minimum atomic E-state index is 0.0380. The number of fused-ring (bicyclic) bond motifs is 1. The largest absolute Gasteiger partial charge is 0.334 e. The van der Waals surface area contributed by atoms with Gasteiger partial charge in [-0.05, 0) is 45.2 Å². The van der Waals surface area contributed by atoms with Crippen LogP contribution in [0.5, 0.6) is 0 Å². The Morgan fingerprint density at radius 2 is 2.15 bits per heavy atom. The van der Waals surface area contributed by atoms with Crippen molar-refractivity contribution < 1.29 is 4.79 Å². The van der Waals surface area contributed by atoms with Crippen molar-refractivity contribution in [2.24, 2.45) is 0 Å². The number of hydrogen-bond donors (Lipinski definition) is 0. The molecule has 3 aromatic heterocycles. The Labute approximate surface area is 152 Å². The Kier molecular flexibility index (Phi) is 4.44. The second-order valence-electron chi connectivity index (χ2n) is 6.99. The number of likely N-dealkylation sites (tertiary alicyclic amines) is 1. The average molecular weight is 352 g/mol. The lowest BCUT2D eigenvalue weighted by atomic mass is 9.98. The second-order valence-corrected chi connectivity index (χ2v) is 6.99. The van der Waals surface area contributed by atoms with Gasteiger partial charge >= 0.3 is 0 Å². The number of imidazole rings is 1. The zero-order chi connectivity index (χ0) is 18.1. The van der Waals surface area contributed by atoms with Gasteiger partial charge in [0, 0.05) is 43.8 Å². The number of nitrogens with zero attached hydrogens (tertiary/aromatic N) is 6. The molecule has 0 saturated carbocycles. The summed E-state index contributed by atoms with van der Waals surface area (Å²) in [6.07, 6.45) is 9.18. The maximum Gasteiger partial charge on any atom is 0.234 e. The average Bonchev–Trinajstić information content (AvgIpc) is 3.28. The van der Waals surface area contributed by atoms with Crippen LogP contribution in [-0.2, 0) is 11.3 Å². The minimum Gasteiger partial charge on any atom is -0.334 e. The lowest BCUT2D eigenvalue weighted by Crippen LogP contribution is -2.39. The molecule has 0 spiro atoms. The highest BCUT2D eigenvalue weighted by Gasteiger charge is 2.29. The highest BCUT2D eigenvalue weighted by Crippen LogP contribution is 2.31. The van der Waals surface area contributed by atoms with Gasteiger partial charge in [-0.3, -0.25) is 13.9 Å². The van der Waals surface area contributed by atoms with Crippen molar-refractivity contribution in [3.8, 4) is 0 Å². The van der Waals surface area contributed by atoms with Crippen LogP contribution >= 0.6 is 0 Å². The summed E-state index contributed by atoms with van der Waals surface area (Å²) in [6, 6.07) is 4.08. The lowest BCUT2D eigenvalue weighted by Gasteiger charge is -2.35. The number of piperidine rings is 1. The molecule has 1 saturated heterocycles. The van der Waals surface area contributed by atoms with E-state index in [0.29, 0.717) is 18.7 Å². The van der Waals surface area contributed by atoms with E-state index in [1.54, 1.807) is 6.20 Å². The number of aryl methyl sites for hydroxylation is 3. The fourth-order valence-electron chi connectivity index (χ4n) is 3.73. The molecule has 4 heterocycles. The van der Waals surface area contributed by atoms with E-state index in [1.165, 1.54) is 0 Å². The molecule has 4 rings (SSSR count). The summed E-state index contributed by atoms with van der Waals surface area (Å²) < 4.78 is 3.81. The van der Waals surface area contributed by atoms with E-state index in [-0.39, 0.29) is 11.9 Å². The molecule has 26 heavy (non-hydrogen) atoms. The molecule has 0 aromatic carbocycles. The fraction of sp³-hybridized carbons (Fsp3) is 0.474. The predicted octanol–water partition coefficient (Wildman–Crippen LogP) is 2.69. The first kappa shape index (κ1) is 16.8. The molecule has 1 aliphatic rings. The Morgan fingerprint density at radius 3 is 2.96 bits per heavy atom. The van der Waals surface area contributed by atoms with Crippen molar-refractivity contribution in [2.75, 3.05) is 6.54 Å². The van der Waals surface area contributed by atoms with Gasteiger partial charge in [-0.2, -0.15) is 5.10 Å². The molecule has 1 aliphatic heterocycles. The van der Waals surface area contributed by atoms with Crippen molar-refractivity contribution in [3.05, 3.63) is 47.8 Å². The van der Waals surface area contributed by atoms with E-state index >= 15 is 0 Å². The number of hydrogen-bond acceptors (Lipinski definition) is 4. The Balaban J connectivity index is 1.54. The van der Waals surface area contributed by atoms with E-state index < -0.39 is 0 Å². The summed E-state index contributed by atoms with van der Waals surface area (Å²) in [7, 11) is 0. The van der Waals surface area contributed by atoms with Crippen LogP contribution in [0.3, 0.4) is 0 Å². The van der Waals surface area contributed by atoms with E-state index in [2.05, 4.69) is 23.1 Å². The molecule has 1 fully saturated rings. The Bertz CT molecular complexity index is 927. The van der Waals surface area contributed by atoms with E-state index in [4.69, 9.17) is 4.98 Å².